The van der Waals surface area contributed by atoms with Crippen LogP contribution >= 0.6 is 0 Å². The molecule has 4 amide bonds. The van der Waals surface area contributed by atoms with E-state index in [2.05, 4.69) is 0 Å². The van der Waals surface area contributed by atoms with Crippen LogP contribution in [0.4, 0.5) is 11.4 Å². The molecule has 6 nitrogen and oxygen atoms in total. The number of carbonyl (C=O) groups excluding carboxylic acids is 4. The van der Waals surface area contributed by atoms with E-state index in [0.717, 1.165) is 61.2 Å². The van der Waals surface area contributed by atoms with Crippen molar-refractivity contribution >= 4 is 35.0 Å². The molecule has 0 bridgehead atoms. The molecule has 6 aromatic rings. The summed E-state index contributed by atoms with van der Waals surface area (Å²) in [7, 11) is 0. The Morgan fingerprint density at radius 3 is 1.22 bits per heavy atom. The summed E-state index contributed by atoms with van der Waals surface area (Å²) in [6.45, 7) is 9.83. The predicted molar refractivity (Wildman–Crippen MR) is 202 cm³/mol. The highest BCUT2D eigenvalue weighted by Crippen LogP contribution is 2.39. The first-order chi connectivity index (χ1) is 24.5. The lowest BCUT2D eigenvalue weighted by molar-refractivity contribution is 0.0910. The summed E-state index contributed by atoms with van der Waals surface area (Å²) in [6.07, 6.45) is 0. The zero-order valence-electron chi connectivity index (χ0n) is 29.0. The summed E-state index contributed by atoms with van der Waals surface area (Å²) in [4.78, 5) is 57.1. The fourth-order valence-corrected chi connectivity index (χ4v) is 7.21. The molecule has 0 radical (unpaired) electrons. The van der Waals surface area contributed by atoms with Crippen molar-refractivity contribution in [1.29, 1.82) is 0 Å². The summed E-state index contributed by atoms with van der Waals surface area (Å²) in [5, 5.41) is 0. The van der Waals surface area contributed by atoms with Crippen LogP contribution in [0, 0.1) is 34.6 Å². The molecule has 6 aromatic carbocycles. The van der Waals surface area contributed by atoms with Crippen molar-refractivity contribution in [2.24, 2.45) is 0 Å². The van der Waals surface area contributed by atoms with E-state index in [0.29, 0.717) is 33.6 Å². The molecule has 6 heteroatoms. The number of carbonyl (C=O) groups is 4. The largest absolute Gasteiger partial charge is 0.268 e. The number of aryl methyl sites for hydroxylation is 3. The monoisotopic (exact) mass is 666 g/mol. The van der Waals surface area contributed by atoms with Crippen LogP contribution < -0.4 is 9.80 Å². The van der Waals surface area contributed by atoms with Gasteiger partial charge in [0, 0.05) is 0 Å². The zero-order valence-corrected chi connectivity index (χ0v) is 29.0. The van der Waals surface area contributed by atoms with E-state index in [1.807, 2.05) is 126 Å². The maximum Gasteiger partial charge on any atom is 0.266 e. The van der Waals surface area contributed by atoms with Crippen molar-refractivity contribution in [1.82, 2.24) is 0 Å². The molecule has 0 unspecified atom stereocenters. The first kappa shape index (κ1) is 31.8. The van der Waals surface area contributed by atoms with E-state index in [1.54, 1.807) is 24.3 Å². The third-order valence-electron chi connectivity index (χ3n) is 10.3. The van der Waals surface area contributed by atoms with Crippen LogP contribution in [-0.4, -0.2) is 23.6 Å². The van der Waals surface area contributed by atoms with Gasteiger partial charge in [-0.1, -0.05) is 83.9 Å². The Balaban J connectivity index is 1.07. The summed E-state index contributed by atoms with van der Waals surface area (Å²) >= 11 is 0. The number of hydrogen-bond donors (Lipinski definition) is 0. The summed E-state index contributed by atoms with van der Waals surface area (Å²) in [5.74, 6) is -1.37. The predicted octanol–water partition coefficient (Wildman–Crippen LogP) is 9.83. The lowest BCUT2D eigenvalue weighted by Gasteiger charge is -2.21. The van der Waals surface area contributed by atoms with Crippen molar-refractivity contribution in [2.45, 2.75) is 34.6 Å². The van der Waals surface area contributed by atoms with Crippen molar-refractivity contribution in [3.05, 3.63) is 165 Å². The fourth-order valence-electron chi connectivity index (χ4n) is 7.21. The Hall–Kier alpha value is -6.40. The highest BCUT2D eigenvalue weighted by molar-refractivity contribution is 6.36. The highest BCUT2D eigenvalue weighted by Gasteiger charge is 2.39. The van der Waals surface area contributed by atoms with Gasteiger partial charge in [-0.2, -0.15) is 0 Å². The number of benzene rings is 6. The molecule has 0 saturated heterocycles. The average molecular weight is 667 g/mol. The third-order valence-corrected chi connectivity index (χ3v) is 10.3. The number of anilines is 2. The van der Waals surface area contributed by atoms with Crippen LogP contribution in [0.2, 0.25) is 0 Å². The molecule has 248 valence electrons. The Kier molecular flexibility index (Phi) is 7.42. The first-order valence-electron chi connectivity index (χ1n) is 16.9. The smallest absolute Gasteiger partial charge is 0.266 e. The van der Waals surface area contributed by atoms with Crippen LogP contribution in [0.15, 0.2) is 115 Å². The molecular weight excluding hydrogens is 633 g/mol. The Bertz CT molecular complexity index is 2490. The molecule has 2 aliphatic heterocycles. The van der Waals surface area contributed by atoms with E-state index in [4.69, 9.17) is 0 Å². The molecule has 0 aliphatic carbocycles. The minimum absolute atomic E-state index is 0.340. The Morgan fingerprint density at radius 1 is 0.333 bits per heavy atom. The number of rotatable bonds is 5. The highest BCUT2D eigenvalue weighted by atomic mass is 16.2. The van der Waals surface area contributed by atoms with Crippen LogP contribution in [0.3, 0.4) is 0 Å². The SMILES string of the molecule is Cc1ccc(-c2ccc3c(c2)C(=O)N(c2ccc(-c4ccc(N5C(=O)c6ccc(-c7ccc(C)cc7)cc6C5=O)c(C)c4C)cc2C)C3=O)cc1. The van der Waals surface area contributed by atoms with Crippen molar-refractivity contribution in [3.63, 3.8) is 0 Å². The first-order valence-corrected chi connectivity index (χ1v) is 16.9. The summed E-state index contributed by atoms with van der Waals surface area (Å²) in [6, 6.07) is 36.4. The van der Waals surface area contributed by atoms with Crippen molar-refractivity contribution < 1.29 is 19.2 Å². The molecule has 0 fully saturated rings. The quantitative estimate of drug-likeness (QED) is 0.172. The number of hydrogen-bond acceptors (Lipinski definition) is 4. The molecule has 0 atom stereocenters. The molecule has 0 saturated carbocycles. The second-order valence-corrected chi connectivity index (χ2v) is 13.5. The van der Waals surface area contributed by atoms with Crippen LogP contribution in [0.1, 0.15) is 69.2 Å². The van der Waals surface area contributed by atoms with Gasteiger partial charge in [0.15, 0.2) is 0 Å². The van der Waals surface area contributed by atoms with E-state index in [-0.39, 0.29) is 23.6 Å². The van der Waals surface area contributed by atoms with E-state index in [1.165, 1.54) is 9.80 Å². The minimum Gasteiger partial charge on any atom is -0.268 e. The lowest BCUT2D eigenvalue weighted by atomic mass is 9.94. The van der Waals surface area contributed by atoms with Crippen LogP contribution in [-0.2, 0) is 0 Å². The van der Waals surface area contributed by atoms with Gasteiger partial charge < -0.3 is 0 Å². The normalized spacial score (nSPS) is 13.7. The average Bonchev–Trinajstić information content (AvgIpc) is 3.53. The Morgan fingerprint density at radius 2 is 0.725 bits per heavy atom. The third kappa shape index (κ3) is 5.10. The standard InChI is InChI=1S/C45H34N2O4/c1-25-6-10-30(11-7-25)32-14-17-36-38(23-32)44(50)46(42(36)48)40-20-16-34(22-27(40)3)35-19-21-41(29(5)28(35)4)47-43(49)37-18-15-33(24-39(37)45(47)51)31-12-8-26(2)9-13-31/h6-24H,1-5H3. The van der Waals surface area contributed by atoms with Gasteiger partial charge in [0.05, 0.1) is 33.6 Å². The van der Waals surface area contributed by atoms with Gasteiger partial charge in [-0.25, -0.2) is 9.80 Å². The van der Waals surface area contributed by atoms with Gasteiger partial charge in [0.1, 0.15) is 0 Å². The van der Waals surface area contributed by atoms with Gasteiger partial charge >= 0.3 is 0 Å². The van der Waals surface area contributed by atoms with Gasteiger partial charge in [-0.15, -0.1) is 0 Å². The van der Waals surface area contributed by atoms with Crippen LogP contribution in [0.25, 0.3) is 33.4 Å². The lowest BCUT2D eigenvalue weighted by Crippen LogP contribution is -2.30. The molecule has 2 heterocycles. The van der Waals surface area contributed by atoms with Gasteiger partial charge in [0.25, 0.3) is 23.6 Å². The van der Waals surface area contributed by atoms with Gasteiger partial charge in [0.2, 0.25) is 0 Å². The molecule has 8 rings (SSSR count). The van der Waals surface area contributed by atoms with Gasteiger partial charge in [-0.3, -0.25) is 19.2 Å². The number of amides is 4. The summed E-state index contributed by atoms with van der Waals surface area (Å²) < 4.78 is 0. The number of fused-ring (bicyclic) bond motifs is 2. The topological polar surface area (TPSA) is 74.8 Å². The maximum absolute atomic E-state index is 13.8. The second kappa shape index (κ2) is 11.9. The van der Waals surface area contributed by atoms with Crippen molar-refractivity contribution in [3.8, 4) is 33.4 Å². The molecule has 0 N–H and O–H groups in total. The maximum atomic E-state index is 13.8. The zero-order chi connectivity index (χ0) is 35.7. The van der Waals surface area contributed by atoms with E-state index >= 15 is 0 Å². The number of nitrogens with zero attached hydrogens (tertiary/aromatic N) is 2. The van der Waals surface area contributed by atoms with E-state index < -0.39 is 0 Å². The molecule has 0 aromatic heterocycles. The number of imide groups is 2. The molecule has 2 aliphatic rings. The fraction of sp³-hybridized carbons (Fsp3) is 0.111. The second-order valence-electron chi connectivity index (χ2n) is 13.5. The molecule has 51 heavy (non-hydrogen) atoms. The summed E-state index contributed by atoms with van der Waals surface area (Å²) in [5.41, 5.74) is 13.0. The van der Waals surface area contributed by atoms with Gasteiger partial charge in [-0.05, 0) is 127 Å². The Labute approximate surface area is 296 Å². The molecule has 0 spiro atoms. The van der Waals surface area contributed by atoms with Crippen molar-refractivity contribution in [2.75, 3.05) is 9.80 Å². The minimum atomic E-state index is -0.344. The molecular formula is C45H34N2O4. The van der Waals surface area contributed by atoms with Crippen LogP contribution in [0.5, 0.6) is 0 Å². The van der Waals surface area contributed by atoms with E-state index in [9.17, 15) is 19.2 Å².